The van der Waals surface area contributed by atoms with Crippen LogP contribution in [0.1, 0.15) is 23.7 Å². The van der Waals surface area contributed by atoms with Gasteiger partial charge < -0.3 is 10.4 Å². The second kappa shape index (κ2) is 5.45. The topological polar surface area (TPSA) is 49.3 Å². The summed E-state index contributed by atoms with van der Waals surface area (Å²) in [6.07, 6.45) is 5.48. The molecule has 0 fully saturated rings. The van der Waals surface area contributed by atoms with Crippen LogP contribution in [-0.2, 0) is 0 Å². The second-order valence-electron chi connectivity index (χ2n) is 3.48. The van der Waals surface area contributed by atoms with E-state index in [2.05, 4.69) is 11.2 Å². The third kappa shape index (κ3) is 2.56. The summed E-state index contributed by atoms with van der Waals surface area (Å²) in [5.74, 6) is -5.12. The minimum Gasteiger partial charge on any atom is -0.503 e. The van der Waals surface area contributed by atoms with Crippen LogP contribution in [0.2, 0.25) is 0 Å². The van der Waals surface area contributed by atoms with Crippen LogP contribution in [0.15, 0.2) is 6.07 Å². The summed E-state index contributed by atoms with van der Waals surface area (Å²) in [4.78, 5) is 11.6. The molecule has 0 saturated heterocycles. The minimum atomic E-state index is -1.74. The number of nitrogens with one attached hydrogen (secondary N) is 1. The molecule has 1 aromatic rings. The fourth-order valence-corrected chi connectivity index (χ4v) is 1.25. The summed E-state index contributed by atoms with van der Waals surface area (Å²) < 4.78 is 39.1. The van der Waals surface area contributed by atoms with Crippen LogP contribution in [0.4, 0.5) is 13.2 Å². The van der Waals surface area contributed by atoms with Gasteiger partial charge in [0.05, 0.1) is 11.6 Å². The van der Waals surface area contributed by atoms with Crippen LogP contribution in [-0.4, -0.2) is 17.1 Å². The van der Waals surface area contributed by atoms with E-state index in [0.29, 0.717) is 12.5 Å². The third-order valence-corrected chi connectivity index (χ3v) is 2.29. The Morgan fingerprint density at radius 3 is 2.61 bits per heavy atom. The maximum absolute atomic E-state index is 13.4. The molecule has 0 saturated carbocycles. The van der Waals surface area contributed by atoms with Crippen molar-refractivity contribution in [2.24, 2.45) is 0 Å². The predicted octanol–water partition coefficient (Wildman–Crippen LogP) is 1.95. The molecular formula is C12H10F3NO2. The monoisotopic (exact) mass is 257 g/mol. The van der Waals surface area contributed by atoms with E-state index < -0.39 is 40.7 Å². The van der Waals surface area contributed by atoms with E-state index >= 15 is 0 Å². The average molecular weight is 257 g/mol. The average Bonchev–Trinajstić information content (AvgIpc) is 2.37. The fourth-order valence-electron chi connectivity index (χ4n) is 1.25. The van der Waals surface area contributed by atoms with Crippen molar-refractivity contribution in [3.05, 3.63) is 29.1 Å². The van der Waals surface area contributed by atoms with E-state index in [1.807, 2.05) is 0 Å². The van der Waals surface area contributed by atoms with Gasteiger partial charge in [0, 0.05) is 0 Å². The van der Waals surface area contributed by atoms with Crippen molar-refractivity contribution in [1.29, 1.82) is 0 Å². The van der Waals surface area contributed by atoms with E-state index in [1.165, 1.54) is 0 Å². The van der Waals surface area contributed by atoms with Gasteiger partial charge in [0.2, 0.25) is 5.82 Å². The molecule has 1 atom stereocenters. The maximum atomic E-state index is 13.4. The summed E-state index contributed by atoms with van der Waals surface area (Å²) >= 11 is 0. The molecule has 1 unspecified atom stereocenters. The lowest BCUT2D eigenvalue weighted by Gasteiger charge is -2.12. The molecule has 0 aliphatic rings. The van der Waals surface area contributed by atoms with Gasteiger partial charge in [-0.2, -0.15) is 4.39 Å². The first-order valence-electron chi connectivity index (χ1n) is 5.05. The van der Waals surface area contributed by atoms with Gasteiger partial charge in [-0.3, -0.25) is 4.79 Å². The molecule has 2 N–H and O–H groups in total. The van der Waals surface area contributed by atoms with Crippen molar-refractivity contribution in [3.8, 4) is 18.1 Å². The zero-order valence-corrected chi connectivity index (χ0v) is 9.43. The highest BCUT2D eigenvalue weighted by atomic mass is 19.2. The van der Waals surface area contributed by atoms with Gasteiger partial charge in [0.15, 0.2) is 17.4 Å². The number of carbonyl (C=O) groups is 1. The summed E-state index contributed by atoms with van der Waals surface area (Å²) in [5, 5.41) is 11.2. The molecule has 0 spiro atoms. The fraction of sp³-hybridized carbons (Fsp3) is 0.250. The number of carbonyl (C=O) groups excluding carboxylic acids is 1. The standard InChI is InChI=1S/C12H10F3NO2/c1-3-6(4-2)16-12(18)7-5-8(13)10(15)11(17)9(7)14/h1,5-6,17H,4H2,2H3,(H,16,18). The molecule has 1 aromatic carbocycles. The van der Waals surface area contributed by atoms with E-state index in [4.69, 9.17) is 11.5 Å². The van der Waals surface area contributed by atoms with Crippen molar-refractivity contribution in [2.45, 2.75) is 19.4 Å². The SMILES string of the molecule is C#CC(CC)NC(=O)c1cc(F)c(F)c(O)c1F. The number of hydrogen-bond donors (Lipinski definition) is 2. The van der Waals surface area contributed by atoms with Gasteiger partial charge in [-0.25, -0.2) is 8.78 Å². The van der Waals surface area contributed by atoms with Gasteiger partial charge in [-0.1, -0.05) is 12.8 Å². The van der Waals surface area contributed by atoms with Crippen LogP contribution in [0.5, 0.6) is 5.75 Å². The highest BCUT2D eigenvalue weighted by Crippen LogP contribution is 2.25. The van der Waals surface area contributed by atoms with Crippen LogP contribution in [0, 0.1) is 29.8 Å². The molecule has 18 heavy (non-hydrogen) atoms. The number of hydrogen-bond acceptors (Lipinski definition) is 2. The molecule has 0 radical (unpaired) electrons. The number of amides is 1. The van der Waals surface area contributed by atoms with E-state index in [9.17, 15) is 18.0 Å². The normalized spacial score (nSPS) is 11.7. The molecule has 0 aliphatic carbocycles. The number of benzene rings is 1. The smallest absolute Gasteiger partial charge is 0.255 e. The molecule has 0 aromatic heterocycles. The molecule has 0 aliphatic heterocycles. The predicted molar refractivity (Wildman–Crippen MR) is 58.4 cm³/mol. The first kappa shape index (κ1) is 13.9. The van der Waals surface area contributed by atoms with Crippen LogP contribution < -0.4 is 5.32 Å². The minimum absolute atomic E-state index is 0.364. The van der Waals surface area contributed by atoms with Gasteiger partial charge >= 0.3 is 0 Å². The van der Waals surface area contributed by atoms with Crippen molar-refractivity contribution >= 4 is 5.91 Å². The van der Waals surface area contributed by atoms with E-state index in [1.54, 1.807) is 6.92 Å². The first-order chi connectivity index (χ1) is 8.42. The quantitative estimate of drug-likeness (QED) is 0.642. The number of aromatic hydroxyl groups is 1. The summed E-state index contributed by atoms with van der Waals surface area (Å²) in [5.41, 5.74) is -0.805. The van der Waals surface area contributed by atoms with Gasteiger partial charge in [-0.15, -0.1) is 6.42 Å². The van der Waals surface area contributed by atoms with Crippen molar-refractivity contribution in [2.75, 3.05) is 0 Å². The largest absolute Gasteiger partial charge is 0.503 e. The third-order valence-electron chi connectivity index (χ3n) is 2.29. The lowest BCUT2D eigenvalue weighted by Crippen LogP contribution is -2.33. The number of terminal acetylenes is 1. The lowest BCUT2D eigenvalue weighted by molar-refractivity contribution is 0.0939. The Morgan fingerprint density at radius 2 is 2.11 bits per heavy atom. The van der Waals surface area contributed by atoms with E-state index in [-0.39, 0.29) is 0 Å². The van der Waals surface area contributed by atoms with Gasteiger partial charge in [0.25, 0.3) is 5.91 Å². The maximum Gasteiger partial charge on any atom is 0.255 e. The zero-order valence-electron chi connectivity index (χ0n) is 9.43. The van der Waals surface area contributed by atoms with Crippen molar-refractivity contribution in [1.82, 2.24) is 5.32 Å². The molecule has 3 nitrogen and oxygen atoms in total. The van der Waals surface area contributed by atoms with Crippen LogP contribution >= 0.6 is 0 Å². The summed E-state index contributed by atoms with van der Waals surface area (Å²) in [7, 11) is 0. The Balaban J connectivity index is 3.12. The number of phenolic OH excluding ortho intramolecular Hbond substituents is 1. The molecular weight excluding hydrogens is 247 g/mol. The van der Waals surface area contributed by atoms with Crippen molar-refractivity contribution in [3.63, 3.8) is 0 Å². The highest BCUT2D eigenvalue weighted by molar-refractivity contribution is 5.95. The number of phenols is 1. The van der Waals surface area contributed by atoms with Crippen LogP contribution in [0.25, 0.3) is 0 Å². The van der Waals surface area contributed by atoms with Crippen molar-refractivity contribution < 1.29 is 23.1 Å². The molecule has 6 heteroatoms. The zero-order chi connectivity index (χ0) is 13.9. The molecule has 0 heterocycles. The number of rotatable bonds is 3. The Labute approximate surface area is 102 Å². The van der Waals surface area contributed by atoms with Gasteiger partial charge in [0.1, 0.15) is 0 Å². The molecule has 96 valence electrons. The Kier molecular flexibility index (Phi) is 4.21. The summed E-state index contributed by atoms with van der Waals surface area (Å²) in [6, 6.07) is -0.296. The Hall–Kier alpha value is -2.16. The summed E-state index contributed by atoms with van der Waals surface area (Å²) in [6.45, 7) is 1.68. The molecule has 1 rings (SSSR count). The molecule has 0 bridgehead atoms. The van der Waals surface area contributed by atoms with E-state index in [0.717, 1.165) is 0 Å². The molecule has 1 amide bonds. The number of halogens is 3. The van der Waals surface area contributed by atoms with Gasteiger partial charge in [-0.05, 0) is 12.5 Å². The Morgan fingerprint density at radius 1 is 1.50 bits per heavy atom. The Bertz CT molecular complexity index is 523. The first-order valence-corrected chi connectivity index (χ1v) is 5.05. The second-order valence-corrected chi connectivity index (χ2v) is 3.48. The highest BCUT2D eigenvalue weighted by Gasteiger charge is 2.23. The van der Waals surface area contributed by atoms with Crippen LogP contribution in [0.3, 0.4) is 0 Å². The lowest BCUT2D eigenvalue weighted by atomic mass is 10.1.